The monoisotopic (exact) mass is 334 g/mol. The first-order valence-corrected chi connectivity index (χ1v) is 7.63. The molecule has 1 N–H and O–H groups in total. The first-order valence-electron chi connectivity index (χ1n) is 7.63. The Bertz CT molecular complexity index is 806. The highest BCUT2D eigenvalue weighted by Crippen LogP contribution is 2.29. The minimum atomic E-state index is -2.38. The van der Waals surface area contributed by atoms with Crippen LogP contribution in [0, 0.1) is 13.8 Å². The summed E-state index contributed by atoms with van der Waals surface area (Å²) < 4.78 is 17.7. The van der Waals surface area contributed by atoms with Crippen LogP contribution in [0.4, 0.5) is 4.39 Å². The van der Waals surface area contributed by atoms with Gasteiger partial charge in [0.1, 0.15) is 11.4 Å². The molecule has 8 heteroatoms. The first kappa shape index (κ1) is 16.2. The number of hydrogen-bond donors (Lipinski definition) is 1. The van der Waals surface area contributed by atoms with E-state index in [4.69, 9.17) is 5.11 Å². The second kappa shape index (κ2) is 5.47. The summed E-state index contributed by atoms with van der Waals surface area (Å²) in [7, 11) is 1.73. The van der Waals surface area contributed by atoms with Crippen LogP contribution in [0.5, 0.6) is 0 Å². The number of aromatic nitrogens is 3. The minimum Gasteiger partial charge on any atom is -0.479 e. The molecule has 0 spiro atoms. The smallest absolute Gasteiger partial charge is 0.343 e. The summed E-state index contributed by atoms with van der Waals surface area (Å²) in [6.07, 6.45) is 1.24. The highest BCUT2D eigenvalue weighted by molar-refractivity contribution is 5.98. The van der Waals surface area contributed by atoms with E-state index in [9.17, 15) is 14.0 Å². The Balaban J connectivity index is 1.98. The summed E-state index contributed by atoms with van der Waals surface area (Å²) in [5.74, 6) is -1.35. The standard InChI is InChI=1S/C16H19FN4O3/c1-10-4-5-11(2)21(10)13-12(8-18-19(13)3)14(22)20-7-6-16(17,9-20)15(23)24/h4-5,8H,6-7,9H2,1-3H3,(H,23,24). The molecule has 1 atom stereocenters. The lowest BCUT2D eigenvalue weighted by Crippen LogP contribution is -2.39. The third-order valence-corrected chi connectivity index (χ3v) is 4.51. The molecule has 3 heterocycles. The molecule has 0 aromatic carbocycles. The van der Waals surface area contributed by atoms with Gasteiger partial charge in [0.05, 0.1) is 12.7 Å². The molecule has 1 aliphatic rings. The average Bonchev–Trinajstić information content (AvgIpc) is 3.18. The number of amides is 1. The van der Waals surface area contributed by atoms with E-state index >= 15 is 0 Å². The van der Waals surface area contributed by atoms with Crippen LogP contribution in [0.25, 0.3) is 5.82 Å². The highest BCUT2D eigenvalue weighted by atomic mass is 19.1. The van der Waals surface area contributed by atoms with Gasteiger partial charge in [0, 0.05) is 31.4 Å². The number of carbonyl (C=O) groups excluding carboxylic acids is 1. The van der Waals surface area contributed by atoms with Crippen molar-refractivity contribution in [3.05, 3.63) is 35.3 Å². The topological polar surface area (TPSA) is 80.4 Å². The van der Waals surface area contributed by atoms with Gasteiger partial charge in [-0.3, -0.25) is 9.48 Å². The number of halogens is 1. The number of aliphatic carboxylic acids is 1. The normalized spacial score (nSPS) is 20.6. The van der Waals surface area contributed by atoms with E-state index in [0.717, 1.165) is 11.4 Å². The van der Waals surface area contributed by atoms with Gasteiger partial charge >= 0.3 is 5.97 Å². The Morgan fingerprint density at radius 2 is 1.92 bits per heavy atom. The molecule has 1 saturated heterocycles. The van der Waals surface area contributed by atoms with Crippen LogP contribution in [0.15, 0.2) is 18.3 Å². The maximum Gasteiger partial charge on any atom is 0.343 e. The van der Waals surface area contributed by atoms with Crippen molar-refractivity contribution in [1.29, 1.82) is 0 Å². The van der Waals surface area contributed by atoms with Crippen LogP contribution in [0.3, 0.4) is 0 Å². The van der Waals surface area contributed by atoms with Gasteiger partial charge in [-0.05, 0) is 26.0 Å². The Morgan fingerprint density at radius 1 is 1.29 bits per heavy atom. The van der Waals surface area contributed by atoms with Crippen LogP contribution in [-0.4, -0.2) is 55.0 Å². The Kier molecular flexibility index (Phi) is 3.70. The summed E-state index contributed by atoms with van der Waals surface area (Å²) >= 11 is 0. The van der Waals surface area contributed by atoms with Crippen molar-refractivity contribution in [1.82, 2.24) is 19.2 Å². The lowest BCUT2D eigenvalue weighted by Gasteiger charge is -2.19. The molecule has 1 fully saturated rings. The molecule has 3 rings (SSSR count). The maximum atomic E-state index is 14.2. The predicted molar refractivity (Wildman–Crippen MR) is 84.0 cm³/mol. The van der Waals surface area contributed by atoms with Crippen molar-refractivity contribution in [3.63, 3.8) is 0 Å². The second-order valence-corrected chi connectivity index (χ2v) is 6.20. The number of likely N-dealkylation sites (tertiary alicyclic amines) is 1. The molecule has 0 radical (unpaired) electrons. The third-order valence-electron chi connectivity index (χ3n) is 4.51. The Morgan fingerprint density at radius 3 is 2.46 bits per heavy atom. The van der Waals surface area contributed by atoms with Gasteiger partial charge in [0.15, 0.2) is 0 Å². The van der Waals surface area contributed by atoms with Crippen LogP contribution < -0.4 is 0 Å². The molecule has 0 bridgehead atoms. The van der Waals surface area contributed by atoms with E-state index in [2.05, 4.69) is 5.10 Å². The quantitative estimate of drug-likeness (QED) is 0.922. The van der Waals surface area contributed by atoms with Gasteiger partial charge in [0.25, 0.3) is 5.91 Å². The molecule has 1 aliphatic heterocycles. The minimum absolute atomic E-state index is 0.0691. The molecule has 0 saturated carbocycles. The van der Waals surface area contributed by atoms with Crippen molar-refractivity contribution < 1.29 is 19.1 Å². The van der Waals surface area contributed by atoms with Gasteiger partial charge in [-0.15, -0.1) is 0 Å². The number of carboxylic acids is 1. The number of rotatable bonds is 3. The zero-order valence-electron chi connectivity index (χ0n) is 13.8. The number of carboxylic acid groups (broad SMARTS) is 1. The molecular weight excluding hydrogens is 315 g/mol. The number of alkyl halides is 1. The van der Waals surface area contributed by atoms with E-state index in [1.165, 1.54) is 11.1 Å². The molecule has 2 aromatic heterocycles. The summed E-state index contributed by atoms with van der Waals surface area (Å²) in [6.45, 7) is 3.46. The summed E-state index contributed by atoms with van der Waals surface area (Å²) in [6, 6.07) is 3.87. The molecule has 0 aliphatic carbocycles. The molecule has 24 heavy (non-hydrogen) atoms. The van der Waals surface area contributed by atoms with Crippen LogP contribution >= 0.6 is 0 Å². The van der Waals surface area contributed by atoms with E-state index in [0.29, 0.717) is 11.4 Å². The fraction of sp³-hybridized carbons (Fsp3) is 0.438. The number of nitrogens with zero attached hydrogens (tertiary/aromatic N) is 4. The largest absolute Gasteiger partial charge is 0.479 e. The van der Waals surface area contributed by atoms with Crippen LogP contribution in [-0.2, 0) is 11.8 Å². The lowest BCUT2D eigenvalue weighted by atomic mass is 10.1. The molecule has 1 unspecified atom stereocenters. The molecule has 1 amide bonds. The van der Waals surface area contributed by atoms with E-state index in [1.54, 1.807) is 11.7 Å². The SMILES string of the molecule is Cc1ccc(C)n1-c1c(C(=O)N2CCC(F)(C(=O)O)C2)cnn1C. The third kappa shape index (κ3) is 2.38. The Hall–Kier alpha value is -2.64. The average molecular weight is 334 g/mol. The number of aryl methyl sites for hydroxylation is 3. The summed E-state index contributed by atoms with van der Waals surface area (Å²) in [5.41, 5.74) is -0.166. The van der Waals surface area contributed by atoms with E-state index in [1.807, 2.05) is 30.5 Å². The van der Waals surface area contributed by atoms with Crippen molar-refractivity contribution in [3.8, 4) is 5.82 Å². The Labute approximate surface area is 138 Å². The summed E-state index contributed by atoms with van der Waals surface area (Å²) in [5, 5.41) is 13.1. The van der Waals surface area contributed by atoms with Crippen LogP contribution in [0.1, 0.15) is 28.2 Å². The van der Waals surface area contributed by atoms with Crippen molar-refractivity contribution in [2.75, 3.05) is 13.1 Å². The molecule has 2 aromatic rings. The maximum absolute atomic E-state index is 14.2. The molecular formula is C16H19FN4O3. The second-order valence-electron chi connectivity index (χ2n) is 6.20. The van der Waals surface area contributed by atoms with E-state index in [-0.39, 0.29) is 13.0 Å². The number of carbonyl (C=O) groups is 2. The van der Waals surface area contributed by atoms with Crippen molar-refractivity contribution in [2.45, 2.75) is 25.9 Å². The van der Waals surface area contributed by atoms with Crippen molar-refractivity contribution >= 4 is 11.9 Å². The molecule has 7 nitrogen and oxygen atoms in total. The predicted octanol–water partition coefficient (Wildman–Crippen LogP) is 1.47. The summed E-state index contributed by atoms with van der Waals surface area (Å²) in [4.78, 5) is 25.1. The van der Waals surface area contributed by atoms with Crippen molar-refractivity contribution in [2.24, 2.45) is 7.05 Å². The zero-order valence-corrected chi connectivity index (χ0v) is 13.8. The molecule has 128 valence electrons. The van der Waals surface area contributed by atoms with Gasteiger partial charge in [0.2, 0.25) is 5.67 Å². The zero-order chi connectivity index (χ0) is 17.6. The fourth-order valence-corrected chi connectivity index (χ4v) is 3.14. The van der Waals surface area contributed by atoms with Gasteiger partial charge in [-0.25, -0.2) is 9.18 Å². The first-order chi connectivity index (χ1) is 11.2. The van der Waals surface area contributed by atoms with Crippen LogP contribution in [0.2, 0.25) is 0 Å². The van der Waals surface area contributed by atoms with Gasteiger partial charge in [-0.2, -0.15) is 5.10 Å². The fourth-order valence-electron chi connectivity index (χ4n) is 3.14. The van der Waals surface area contributed by atoms with Gasteiger partial charge in [-0.1, -0.05) is 0 Å². The van der Waals surface area contributed by atoms with E-state index < -0.39 is 24.1 Å². The lowest BCUT2D eigenvalue weighted by molar-refractivity contribution is -0.149. The highest BCUT2D eigenvalue weighted by Gasteiger charge is 2.47. The van der Waals surface area contributed by atoms with Gasteiger partial charge < -0.3 is 14.6 Å². The number of hydrogen-bond acceptors (Lipinski definition) is 3.